The van der Waals surface area contributed by atoms with E-state index in [9.17, 15) is 0 Å². The molecule has 0 aliphatic heterocycles. The number of pyridine rings is 1. The maximum Gasteiger partial charge on any atom is 0.227 e. The summed E-state index contributed by atoms with van der Waals surface area (Å²) in [6.45, 7) is 1.20. The Labute approximate surface area is 130 Å². The van der Waals surface area contributed by atoms with Crippen LogP contribution in [0.3, 0.4) is 0 Å². The van der Waals surface area contributed by atoms with Crippen LogP contribution < -0.4 is 10.6 Å². The van der Waals surface area contributed by atoms with Gasteiger partial charge in [-0.3, -0.25) is 0 Å². The molecule has 0 aliphatic rings. The lowest BCUT2D eigenvalue weighted by Crippen LogP contribution is -2.17. The second-order valence-corrected chi connectivity index (χ2v) is 4.72. The van der Waals surface area contributed by atoms with E-state index in [2.05, 4.69) is 30.7 Å². The van der Waals surface area contributed by atoms with Gasteiger partial charge in [0.15, 0.2) is 5.65 Å². The molecule has 0 amide bonds. The average molecular weight is 315 g/mol. The van der Waals surface area contributed by atoms with Crippen molar-refractivity contribution in [1.82, 2.24) is 24.6 Å². The van der Waals surface area contributed by atoms with Crippen molar-refractivity contribution in [2.24, 2.45) is 0 Å². The highest BCUT2D eigenvalue weighted by Gasteiger charge is 2.05. The van der Waals surface area contributed by atoms with Crippen molar-refractivity contribution < 1.29 is 0 Å². The molecule has 0 unspecified atom stereocenters. The number of rotatable bonds is 5. The van der Waals surface area contributed by atoms with E-state index in [-0.39, 0.29) is 0 Å². The maximum atomic E-state index is 8.71. The standard InChI is InChI=1S/C13H11ClN8/c14-10-5-12-19-8-20-22(12)13(21-10)17-4-3-16-11-2-1-9(6-15)7-18-11/h1-2,5,7-8H,3-4H2,(H,16,18)(H,17,21). The SMILES string of the molecule is N#Cc1ccc(NCCNc2nc(Cl)cc3ncnn23)nc1. The molecule has 3 aromatic heterocycles. The molecule has 3 rings (SSSR count). The summed E-state index contributed by atoms with van der Waals surface area (Å²) in [6.07, 6.45) is 2.96. The Bertz CT molecular complexity index is 820. The summed E-state index contributed by atoms with van der Waals surface area (Å²) in [6, 6.07) is 7.13. The lowest BCUT2D eigenvalue weighted by Gasteiger charge is -2.08. The summed E-state index contributed by atoms with van der Waals surface area (Å²) in [4.78, 5) is 12.4. The fourth-order valence-corrected chi connectivity index (χ4v) is 2.02. The molecule has 9 heteroatoms. The van der Waals surface area contributed by atoms with Crippen LogP contribution in [0.4, 0.5) is 11.8 Å². The summed E-state index contributed by atoms with van der Waals surface area (Å²) < 4.78 is 1.58. The Morgan fingerprint density at radius 3 is 2.86 bits per heavy atom. The third-order valence-corrected chi connectivity index (χ3v) is 3.04. The Morgan fingerprint density at radius 2 is 2.09 bits per heavy atom. The van der Waals surface area contributed by atoms with Crippen molar-refractivity contribution in [2.45, 2.75) is 0 Å². The molecular weight excluding hydrogens is 304 g/mol. The van der Waals surface area contributed by atoms with Crippen LogP contribution in [0.2, 0.25) is 5.15 Å². The fraction of sp³-hybridized carbons (Fsp3) is 0.154. The molecule has 0 saturated heterocycles. The zero-order chi connectivity index (χ0) is 15.4. The second-order valence-electron chi connectivity index (χ2n) is 4.33. The molecule has 3 aromatic rings. The van der Waals surface area contributed by atoms with Gasteiger partial charge in [-0.05, 0) is 12.1 Å². The molecule has 0 atom stereocenters. The van der Waals surface area contributed by atoms with Gasteiger partial charge < -0.3 is 10.6 Å². The summed E-state index contributed by atoms with van der Waals surface area (Å²) >= 11 is 5.93. The third kappa shape index (κ3) is 3.05. The molecule has 2 N–H and O–H groups in total. The van der Waals surface area contributed by atoms with E-state index in [4.69, 9.17) is 16.9 Å². The molecule has 22 heavy (non-hydrogen) atoms. The molecule has 110 valence electrons. The zero-order valence-corrected chi connectivity index (χ0v) is 12.1. The highest BCUT2D eigenvalue weighted by Crippen LogP contribution is 2.12. The third-order valence-electron chi connectivity index (χ3n) is 2.84. The molecule has 0 aliphatic carbocycles. The van der Waals surface area contributed by atoms with Crippen LogP contribution in [-0.4, -0.2) is 37.7 Å². The maximum absolute atomic E-state index is 8.71. The molecule has 0 radical (unpaired) electrons. The normalized spacial score (nSPS) is 10.4. The van der Waals surface area contributed by atoms with E-state index >= 15 is 0 Å². The Hall–Kier alpha value is -2.92. The monoisotopic (exact) mass is 314 g/mol. The van der Waals surface area contributed by atoms with Gasteiger partial charge >= 0.3 is 0 Å². The quantitative estimate of drug-likeness (QED) is 0.544. The number of aromatic nitrogens is 5. The first-order chi connectivity index (χ1) is 10.8. The van der Waals surface area contributed by atoms with Crippen LogP contribution in [0.1, 0.15) is 5.56 Å². The van der Waals surface area contributed by atoms with Crippen molar-refractivity contribution >= 4 is 29.0 Å². The zero-order valence-electron chi connectivity index (χ0n) is 11.4. The molecule has 3 heterocycles. The van der Waals surface area contributed by atoms with Crippen LogP contribution in [0.15, 0.2) is 30.7 Å². The van der Waals surface area contributed by atoms with E-state index in [1.807, 2.05) is 6.07 Å². The topological polar surface area (TPSA) is 104 Å². The lowest BCUT2D eigenvalue weighted by atomic mass is 10.3. The molecule has 0 bridgehead atoms. The minimum Gasteiger partial charge on any atom is -0.368 e. The number of nitriles is 1. The number of halogens is 1. The minimum atomic E-state index is 0.352. The van der Waals surface area contributed by atoms with E-state index in [1.165, 1.54) is 12.5 Å². The van der Waals surface area contributed by atoms with Gasteiger partial charge in [0.05, 0.1) is 5.56 Å². The number of nitrogens with zero attached hydrogens (tertiary/aromatic N) is 6. The van der Waals surface area contributed by atoms with Gasteiger partial charge in [-0.15, -0.1) is 0 Å². The van der Waals surface area contributed by atoms with E-state index in [0.717, 1.165) is 0 Å². The average Bonchev–Trinajstić information content (AvgIpc) is 3.00. The van der Waals surface area contributed by atoms with Gasteiger partial charge in [0.2, 0.25) is 5.95 Å². The first-order valence-electron chi connectivity index (χ1n) is 6.46. The largest absolute Gasteiger partial charge is 0.368 e. The van der Waals surface area contributed by atoms with Crippen LogP contribution in [-0.2, 0) is 0 Å². The minimum absolute atomic E-state index is 0.352. The number of fused-ring (bicyclic) bond motifs is 1. The summed E-state index contributed by atoms with van der Waals surface area (Å²) in [5.74, 6) is 1.22. The van der Waals surface area contributed by atoms with E-state index in [1.54, 1.807) is 22.7 Å². The Kier molecular flexibility index (Phi) is 3.98. The first-order valence-corrected chi connectivity index (χ1v) is 6.84. The van der Waals surface area contributed by atoms with Crippen molar-refractivity contribution in [2.75, 3.05) is 23.7 Å². The highest BCUT2D eigenvalue weighted by atomic mass is 35.5. The molecular formula is C13H11ClN8. The van der Waals surface area contributed by atoms with Crippen LogP contribution in [0, 0.1) is 11.3 Å². The van der Waals surface area contributed by atoms with Crippen molar-refractivity contribution in [1.29, 1.82) is 5.26 Å². The van der Waals surface area contributed by atoms with Gasteiger partial charge in [0.1, 0.15) is 23.4 Å². The second kappa shape index (κ2) is 6.24. The molecule has 0 aromatic carbocycles. The highest BCUT2D eigenvalue weighted by molar-refractivity contribution is 6.29. The summed E-state index contributed by atoms with van der Waals surface area (Å²) in [7, 11) is 0. The van der Waals surface area contributed by atoms with Gasteiger partial charge in [0, 0.05) is 25.4 Å². The number of anilines is 2. The smallest absolute Gasteiger partial charge is 0.227 e. The predicted octanol–water partition coefficient (Wildman–Crippen LogP) is 1.57. The first kappa shape index (κ1) is 14.0. The molecule has 8 nitrogen and oxygen atoms in total. The number of hydrogen-bond donors (Lipinski definition) is 2. The van der Waals surface area contributed by atoms with Crippen molar-refractivity contribution in [3.05, 3.63) is 41.4 Å². The van der Waals surface area contributed by atoms with Gasteiger partial charge in [0.25, 0.3) is 0 Å². The Balaban J connectivity index is 1.58. The summed E-state index contributed by atoms with van der Waals surface area (Å²) in [5, 5.41) is 19.4. The lowest BCUT2D eigenvalue weighted by molar-refractivity contribution is 0.904. The van der Waals surface area contributed by atoms with Crippen molar-refractivity contribution in [3.8, 4) is 6.07 Å². The molecule has 0 spiro atoms. The summed E-state index contributed by atoms with van der Waals surface area (Å²) in [5.41, 5.74) is 1.16. The predicted molar refractivity (Wildman–Crippen MR) is 81.7 cm³/mol. The number of hydrogen-bond acceptors (Lipinski definition) is 7. The van der Waals surface area contributed by atoms with E-state index < -0.39 is 0 Å². The van der Waals surface area contributed by atoms with Crippen LogP contribution in [0.5, 0.6) is 0 Å². The van der Waals surface area contributed by atoms with E-state index in [0.29, 0.717) is 41.2 Å². The Morgan fingerprint density at radius 1 is 1.23 bits per heavy atom. The molecule has 0 saturated carbocycles. The van der Waals surface area contributed by atoms with Crippen LogP contribution >= 0.6 is 11.6 Å². The molecule has 0 fully saturated rings. The van der Waals surface area contributed by atoms with Gasteiger partial charge in [-0.1, -0.05) is 11.6 Å². The van der Waals surface area contributed by atoms with Gasteiger partial charge in [-0.25, -0.2) is 15.0 Å². The number of nitrogens with one attached hydrogen (secondary N) is 2. The van der Waals surface area contributed by atoms with Gasteiger partial charge in [-0.2, -0.15) is 14.9 Å². The van der Waals surface area contributed by atoms with Crippen molar-refractivity contribution in [3.63, 3.8) is 0 Å². The fourth-order valence-electron chi connectivity index (χ4n) is 1.84. The van der Waals surface area contributed by atoms with Crippen LogP contribution in [0.25, 0.3) is 5.65 Å².